The van der Waals surface area contributed by atoms with E-state index in [1.807, 2.05) is 32.0 Å². The van der Waals surface area contributed by atoms with Gasteiger partial charge in [-0.1, -0.05) is 12.1 Å². The summed E-state index contributed by atoms with van der Waals surface area (Å²) >= 11 is 0. The monoisotopic (exact) mass is 278 g/mol. The van der Waals surface area contributed by atoms with Gasteiger partial charge in [0.05, 0.1) is 0 Å². The van der Waals surface area contributed by atoms with E-state index in [0.29, 0.717) is 0 Å². The van der Waals surface area contributed by atoms with Crippen molar-refractivity contribution < 1.29 is 19.5 Å². The quantitative estimate of drug-likeness (QED) is 0.729. The van der Waals surface area contributed by atoms with Crippen molar-refractivity contribution in [3.05, 3.63) is 29.3 Å². The Kier molecular flexibility index (Phi) is 5.71. The number of hydrogen-bond donors (Lipinski definition) is 3. The first-order chi connectivity index (χ1) is 9.38. The summed E-state index contributed by atoms with van der Waals surface area (Å²) in [6, 6.07) is 5.71. The Morgan fingerprint density at radius 3 is 2.40 bits per heavy atom. The number of aryl methyl sites for hydroxylation is 2. The molecule has 0 saturated heterocycles. The molecule has 0 unspecified atom stereocenters. The molecule has 0 aliphatic rings. The zero-order chi connectivity index (χ0) is 15.1. The summed E-state index contributed by atoms with van der Waals surface area (Å²) in [4.78, 5) is 33.2. The van der Waals surface area contributed by atoms with Crippen LogP contribution in [0.15, 0.2) is 18.2 Å². The summed E-state index contributed by atoms with van der Waals surface area (Å²) in [7, 11) is 0. The number of benzene rings is 1. The molecule has 20 heavy (non-hydrogen) atoms. The average molecular weight is 278 g/mol. The molecule has 0 aliphatic carbocycles. The molecule has 0 aromatic heterocycles. The summed E-state index contributed by atoms with van der Waals surface area (Å²) in [6.45, 7) is 3.38. The maximum Gasteiger partial charge on any atom is 0.322 e. The van der Waals surface area contributed by atoms with Gasteiger partial charge in [-0.3, -0.25) is 14.4 Å². The molecular formula is C14H18N2O4. The zero-order valence-electron chi connectivity index (χ0n) is 11.5. The molecule has 6 nitrogen and oxygen atoms in total. The molecular weight excluding hydrogens is 260 g/mol. The standard InChI is InChI=1S/C14H18N2O4/c1-9-3-4-10(2)11(7-9)16-13(18)6-5-12(17)15-8-14(19)20/h3-4,7H,5-6,8H2,1-2H3,(H,15,17)(H,16,18)(H,19,20). The molecule has 0 spiro atoms. The number of aliphatic carboxylic acids is 1. The molecule has 108 valence electrons. The predicted octanol–water partition coefficient (Wildman–Crippen LogP) is 1.22. The van der Waals surface area contributed by atoms with E-state index >= 15 is 0 Å². The molecule has 6 heteroatoms. The van der Waals surface area contributed by atoms with E-state index in [0.717, 1.165) is 16.8 Å². The van der Waals surface area contributed by atoms with Gasteiger partial charge < -0.3 is 15.7 Å². The van der Waals surface area contributed by atoms with Crippen LogP contribution in [-0.4, -0.2) is 29.4 Å². The lowest BCUT2D eigenvalue weighted by Gasteiger charge is -2.09. The second kappa shape index (κ2) is 7.28. The number of anilines is 1. The van der Waals surface area contributed by atoms with Gasteiger partial charge in [-0.05, 0) is 31.0 Å². The Hall–Kier alpha value is -2.37. The topological polar surface area (TPSA) is 95.5 Å². The van der Waals surface area contributed by atoms with Gasteiger partial charge in [-0.15, -0.1) is 0 Å². The van der Waals surface area contributed by atoms with Crippen molar-refractivity contribution in [2.24, 2.45) is 0 Å². The van der Waals surface area contributed by atoms with Crippen molar-refractivity contribution in [2.45, 2.75) is 26.7 Å². The Labute approximate surface area is 117 Å². The van der Waals surface area contributed by atoms with Gasteiger partial charge >= 0.3 is 5.97 Å². The number of carboxylic acids is 1. The maximum absolute atomic E-state index is 11.7. The Bertz CT molecular complexity index is 526. The van der Waals surface area contributed by atoms with E-state index in [1.54, 1.807) is 0 Å². The van der Waals surface area contributed by atoms with Gasteiger partial charge in [-0.25, -0.2) is 0 Å². The summed E-state index contributed by atoms with van der Waals surface area (Å²) in [5, 5.41) is 13.3. The van der Waals surface area contributed by atoms with Gasteiger partial charge in [0.25, 0.3) is 0 Å². The Morgan fingerprint density at radius 1 is 1.10 bits per heavy atom. The normalized spacial score (nSPS) is 9.90. The summed E-state index contributed by atoms with van der Waals surface area (Å²) in [5.41, 5.74) is 2.70. The van der Waals surface area contributed by atoms with Crippen LogP contribution in [0.25, 0.3) is 0 Å². The Morgan fingerprint density at radius 2 is 1.75 bits per heavy atom. The van der Waals surface area contributed by atoms with Crippen LogP contribution in [-0.2, 0) is 14.4 Å². The van der Waals surface area contributed by atoms with Crippen molar-refractivity contribution in [3.63, 3.8) is 0 Å². The van der Waals surface area contributed by atoms with Crippen LogP contribution in [0.4, 0.5) is 5.69 Å². The number of carboxylic acid groups (broad SMARTS) is 1. The minimum absolute atomic E-state index is 0.0127. The molecule has 0 saturated carbocycles. The maximum atomic E-state index is 11.7. The van der Waals surface area contributed by atoms with Crippen molar-refractivity contribution in [1.82, 2.24) is 5.32 Å². The summed E-state index contributed by atoms with van der Waals surface area (Å²) in [6.07, 6.45) is -0.0250. The molecule has 1 aromatic rings. The minimum Gasteiger partial charge on any atom is -0.480 e. The number of amides is 2. The SMILES string of the molecule is Cc1ccc(C)c(NC(=O)CCC(=O)NCC(=O)O)c1. The fourth-order valence-electron chi connectivity index (χ4n) is 1.57. The highest BCUT2D eigenvalue weighted by atomic mass is 16.4. The third-order valence-corrected chi connectivity index (χ3v) is 2.68. The van der Waals surface area contributed by atoms with Gasteiger partial charge in [0, 0.05) is 18.5 Å². The third kappa shape index (κ3) is 5.51. The van der Waals surface area contributed by atoms with Crippen molar-refractivity contribution in [2.75, 3.05) is 11.9 Å². The van der Waals surface area contributed by atoms with Crippen LogP contribution in [0, 0.1) is 13.8 Å². The molecule has 1 aromatic carbocycles. The predicted molar refractivity (Wildman–Crippen MR) is 74.4 cm³/mol. The van der Waals surface area contributed by atoms with Crippen LogP contribution in [0.1, 0.15) is 24.0 Å². The molecule has 0 radical (unpaired) electrons. The third-order valence-electron chi connectivity index (χ3n) is 2.68. The number of carbonyl (C=O) groups excluding carboxylic acids is 2. The molecule has 0 heterocycles. The van der Waals surface area contributed by atoms with Crippen LogP contribution < -0.4 is 10.6 Å². The number of rotatable bonds is 6. The molecule has 0 aliphatic heterocycles. The molecule has 1 rings (SSSR count). The second-order valence-corrected chi connectivity index (χ2v) is 4.54. The van der Waals surface area contributed by atoms with Gasteiger partial charge in [-0.2, -0.15) is 0 Å². The summed E-state index contributed by atoms with van der Waals surface area (Å²) < 4.78 is 0. The zero-order valence-corrected chi connectivity index (χ0v) is 11.5. The van der Waals surface area contributed by atoms with Crippen molar-refractivity contribution in [3.8, 4) is 0 Å². The first kappa shape index (κ1) is 15.7. The minimum atomic E-state index is -1.11. The molecule has 0 fully saturated rings. The van der Waals surface area contributed by atoms with Crippen LogP contribution >= 0.6 is 0 Å². The molecule has 0 atom stereocenters. The molecule has 3 N–H and O–H groups in total. The van der Waals surface area contributed by atoms with Crippen molar-refractivity contribution >= 4 is 23.5 Å². The molecule has 0 bridgehead atoms. The first-order valence-corrected chi connectivity index (χ1v) is 6.24. The van der Waals surface area contributed by atoms with Crippen LogP contribution in [0.5, 0.6) is 0 Å². The van der Waals surface area contributed by atoms with E-state index in [2.05, 4.69) is 10.6 Å². The highest BCUT2D eigenvalue weighted by Gasteiger charge is 2.09. The lowest BCUT2D eigenvalue weighted by atomic mass is 10.1. The lowest BCUT2D eigenvalue weighted by molar-refractivity contribution is -0.138. The fourth-order valence-corrected chi connectivity index (χ4v) is 1.57. The van der Waals surface area contributed by atoms with Gasteiger partial charge in [0.2, 0.25) is 11.8 Å². The number of carbonyl (C=O) groups is 3. The number of hydrogen-bond acceptors (Lipinski definition) is 3. The fraction of sp³-hybridized carbons (Fsp3) is 0.357. The van der Waals surface area contributed by atoms with E-state index in [9.17, 15) is 14.4 Å². The highest BCUT2D eigenvalue weighted by molar-refractivity contribution is 5.94. The smallest absolute Gasteiger partial charge is 0.322 e. The first-order valence-electron chi connectivity index (χ1n) is 6.24. The van der Waals surface area contributed by atoms with E-state index in [4.69, 9.17) is 5.11 Å². The van der Waals surface area contributed by atoms with Gasteiger partial charge in [0.1, 0.15) is 6.54 Å². The van der Waals surface area contributed by atoms with Crippen molar-refractivity contribution in [1.29, 1.82) is 0 Å². The second-order valence-electron chi connectivity index (χ2n) is 4.54. The number of nitrogens with one attached hydrogen (secondary N) is 2. The highest BCUT2D eigenvalue weighted by Crippen LogP contribution is 2.16. The van der Waals surface area contributed by atoms with E-state index < -0.39 is 18.4 Å². The van der Waals surface area contributed by atoms with Crippen LogP contribution in [0.3, 0.4) is 0 Å². The summed E-state index contributed by atoms with van der Waals surface area (Å²) in [5.74, 6) is -1.84. The largest absolute Gasteiger partial charge is 0.480 e. The van der Waals surface area contributed by atoms with Gasteiger partial charge in [0.15, 0.2) is 0 Å². The molecule has 2 amide bonds. The van der Waals surface area contributed by atoms with E-state index in [1.165, 1.54) is 0 Å². The van der Waals surface area contributed by atoms with Crippen LogP contribution in [0.2, 0.25) is 0 Å². The van der Waals surface area contributed by atoms with E-state index in [-0.39, 0.29) is 18.7 Å². The lowest BCUT2D eigenvalue weighted by Crippen LogP contribution is -2.29. The average Bonchev–Trinajstić information content (AvgIpc) is 2.38. The Balaban J connectivity index is 2.42.